The fraction of sp³-hybridized carbons (Fsp3) is 0.533. The minimum atomic E-state index is -0.158. The first kappa shape index (κ1) is 14.6. The van der Waals surface area contributed by atoms with Gasteiger partial charge < -0.3 is 10.1 Å². The Labute approximate surface area is 110 Å². The van der Waals surface area contributed by atoms with E-state index in [1.807, 2.05) is 52.0 Å². The Bertz CT molecular complexity index is 376. The summed E-state index contributed by atoms with van der Waals surface area (Å²) in [5, 5.41) is 2.93. The van der Waals surface area contributed by atoms with Gasteiger partial charge in [-0.3, -0.25) is 4.79 Å². The predicted octanol–water partition coefficient (Wildman–Crippen LogP) is 3.07. The predicted molar refractivity (Wildman–Crippen MR) is 73.8 cm³/mol. The maximum absolute atomic E-state index is 11.5. The summed E-state index contributed by atoms with van der Waals surface area (Å²) in [7, 11) is 0. The van der Waals surface area contributed by atoms with Gasteiger partial charge in [0.15, 0.2) is 0 Å². The molecule has 0 fully saturated rings. The largest absolute Gasteiger partial charge is 0.494 e. The van der Waals surface area contributed by atoms with E-state index in [-0.39, 0.29) is 11.4 Å². The number of ether oxygens (including phenoxy) is 1. The summed E-state index contributed by atoms with van der Waals surface area (Å²) in [6.45, 7) is 8.55. The van der Waals surface area contributed by atoms with Crippen LogP contribution < -0.4 is 10.1 Å². The molecule has 3 heteroatoms. The number of amides is 1. The van der Waals surface area contributed by atoms with Gasteiger partial charge >= 0.3 is 0 Å². The third-order valence-corrected chi connectivity index (χ3v) is 2.35. The van der Waals surface area contributed by atoms with Crippen LogP contribution in [0.3, 0.4) is 0 Å². The lowest BCUT2D eigenvalue weighted by atomic mass is 10.1. The second kappa shape index (κ2) is 6.43. The average Bonchev–Trinajstić information content (AvgIpc) is 2.24. The molecule has 1 N–H and O–H groups in total. The number of rotatable bonds is 5. The molecule has 100 valence electrons. The van der Waals surface area contributed by atoms with E-state index in [0.717, 1.165) is 12.2 Å². The van der Waals surface area contributed by atoms with E-state index in [0.29, 0.717) is 13.0 Å². The highest BCUT2D eigenvalue weighted by Crippen LogP contribution is 2.11. The van der Waals surface area contributed by atoms with Crippen LogP contribution in [0.2, 0.25) is 0 Å². The third-order valence-electron chi connectivity index (χ3n) is 2.35. The van der Waals surface area contributed by atoms with Crippen molar-refractivity contribution in [1.82, 2.24) is 5.32 Å². The van der Waals surface area contributed by atoms with Gasteiger partial charge in [0.1, 0.15) is 5.75 Å². The van der Waals surface area contributed by atoms with E-state index in [2.05, 4.69) is 5.32 Å². The van der Waals surface area contributed by atoms with Gasteiger partial charge in [0.2, 0.25) is 5.91 Å². The number of benzene rings is 1. The Morgan fingerprint density at radius 2 is 1.83 bits per heavy atom. The van der Waals surface area contributed by atoms with Gasteiger partial charge in [-0.05, 0) is 46.2 Å². The molecule has 0 atom stereocenters. The van der Waals surface area contributed by atoms with Crippen LogP contribution in [0.15, 0.2) is 24.3 Å². The summed E-state index contributed by atoms with van der Waals surface area (Å²) in [6.07, 6.45) is 1.24. The Balaban J connectivity index is 2.19. The van der Waals surface area contributed by atoms with E-state index in [9.17, 15) is 4.79 Å². The van der Waals surface area contributed by atoms with Crippen molar-refractivity contribution in [3.05, 3.63) is 29.8 Å². The van der Waals surface area contributed by atoms with Crippen LogP contribution in [0.25, 0.3) is 0 Å². The molecule has 0 aliphatic carbocycles. The highest BCUT2D eigenvalue weighted by molar-refractivity contribution is 5.76. The fourth-order valence-corrected chi connectivity index (χ4v) is 1.54. The molecule has 0 saturated heterocycles. The fourth-order valence-electron chi connectivity index (χ4n) is 1.54. The molecule has 0 spiro atoms. The number of aryl methyl sites for hydroxylation is 1. The number of hydrogen-bond acceptors (Lipinski definition) is 2. The van der Waals surface area contributed by atoms with Crippen LogP contribution in [0.4, 0.5) is 0 Å². The van der Waals surface area contributed by atoms with Crippen LogP contribution in [-0.2, 0) is 4.79 Å². The normalized spacial score (nSPS) is 11.1. The van der Waals surface area contributed by atoms with Crippen LogP contribution in [0.5, 0.6) is 5.75 Å². The van der Waals surface area contributed by atoms with Gasteiger partial charge in [0.25, 0.3) is 0 Å². The smallest absolute Gasteiger partial charge is 0.220 e. The highest BCUT2D eigenvalue weighted by atomic mass is 16.5. The van der Waals surface area contributed by atoms with Gasteiger partial charge in [0, 0.05) is 12.0 Å². The minimum absolute atomic E-state index is 0.0787. The Hall–Kier alpha value is -1.51. The number of carbonyl (C=O) groups excluding carboxylic acids is 1. The van der Waals surface area contributed by atoms with Crippen molar-refractivity contribution < 1.29 is 9.53 Å². The molecule has 0 radical (unpaired) electrons. The first-order valence-corrected chi connectivity index (χ1v) is 6.37. The molecule has 0 bridgehead atoms. The molecular formula is C15H23NO2. The van der Waals surface area contributed by atoms with E-state index in [4.69, 9.17) is 4.74 Å². The van der Waals surface area contributed by atoms with E-state index in [1.165, 1.54) is 5.56 Å². The van der Waals surface area contributed by atoms with Crippen molar-refractivity contribution in [2.24, 2.45) is 0 Å². The third kappa shape index (κ3) is 6.28. The van der Waals surface area contributed by atoms with Gasteiger partial charge in [0.05, 0.1) is 6.61 Å². The van der Waals surface area contributed by atoms with Gasteiger partial charge in [-0.2, -0.15) is 0 Å². The van der Waals surface area contributed by atoms with Gasteiger partial charge in [-0.15, -0.1) is 0 Å². The summed E-state index contributed by atoms with van der Waals surface area (Å²) >= 11 is 0. The zero-order valence-corrected chi connectivity index (χ0v) is 11.7. The van der Waals surface area contributed by atoms with Crippen LogP contribution >= 0.6 is 0 Å². The molecule has 1 aromatic rings. The molecule has 0 aliphatic rings. The monoisotopic (exact) mass is 249 g/mol. The molecule has 18 heavy (non-hydrogen) atoms. The van der Waals surface area contributed by atoms with Crippen molar-refractivity contribution in [2.45, 2.75) is 46.1 Å². The molecule has 0 aromatic heterocycles. The van der Waals surface area contributed by atoms with Gasteiger partial charge in [-0.1, -0.05) is 17.7 Å². The van der Waals surface area contributed by atoms with E-state index in [1.54, 1.807) is 0 Å². The SMILES string of the molecule is Cc1ccc(OCCCC(=O)NC(C)(C)C)cc1. The summed E-state index contributed by atoms with van der Waals surface area (Å²) < 4.78 is 5.56. The highest BCUT2D eigenvalue weighted by Gasteiger charge is 2.12. The van der Waals surface area contributed by atoms with Crippen molar-refractivity contribution in [1.29, 1.82) is 0 Å². The first-order chi connectivity index (χ1) is 8.37. The maximum atomic E-state index is 11.5. The molecule has 0 heterocycles. The summed E-state index contributed by atoms with van der Waals surface area (Å²) in [6, 6.07) is 7.93. The summed E-state index contributed by atoms with van der Waals surface area (Å²) in [5.74, 6) is 0.937. The number of nitrogens with one attached hydrogen (secondary N) is 1. The topological polar surface area (TPSA) is 38.3 Å². The Kier molecular flexibility index (Phi) is 5.20. The second-order valence-corrected chi connectivity index (χ2v) is 5.56. The first-order valence-electron chi connectivity index (χ1n) is 6.37. The zero-order valence-electron chi connectivity index (χ0n) is 11.7. The Morgan fingerprint density at radius 3 is 2.39 bits per heavy atom. The molecule has 1 rings (SSSR count). The zero-order chi connectivity index (χ0) is 13.6. The molecule has 1 amide bonds. The van der Waals surface area contributed by atoms with E-state index >= 15 is 0 Å². The number of carbonyl (C=O) groups is 1. The maximum Gasteiger partial charge on any atom is 0.220 e. The van der Waals surface area contributed by atoms with Crippen LogP contribution in [-0.4, -0.2) is 18.1 Å². The Morgan fingerprint density at radius 1 is 1.22 bits per heavy atom. The lowest BCUT2D eigenvalue weighted by molar-refractivity contribution is -0.122. The van der Waals surface area contributed by atoms with Crippen molar-refractivity contribution in [3.63, 3.8) is 0 Å². The molecule has 0 saturated carbocycles. The van der Waals surface area contributed by atoms with Gasteiger partial charge in [-0.25, -0.2) is 0 Å². The van der Waals surface area contributed by atoms with Crippen molar-refractivity contribution in [2.75, 3.05) is 6.61 Å². The van der Waals surface area contributed by atoms with Crippen molar-refractivity contribution >= 4 is 5.91 Å². The minimum Gasteiger partial charge on any atom is -0.494 e. The summed E-state index contributed by atoms with van der Waals surface area (Å²) in [5.41, 5.74) is 1.06. The van der Waals surface area contributed by atoms with Crippen LogP contribution in [0, 0.1) is 6.92 Å². The quantitative estimate of drug-likeness (QED) is 0.814. The summed E-state index contributed by atoms with van der Waals surface area (Å²) in [4.78, 5) is 11.5. The molecule has 0 aliphatic heterocycles. The average molecular weight is 249 g/mol. The molecular weight excluding hydrogens is 226 g/mol. The number of hydrogen-bond donors (Lipinski definition) is 1. The second-order valence-electron chi connectivity index (χ2n) is 5.56. The van der Waals surface area contributed by atoms with E-state index < -0.39 is 0 Å². The lowest BCUT2D eigenvalue weighted by Gasteiger charge is -2.20. The molecule has 3 nitrogen and oxygen atoms in total. The molecule has 1 aromatic carbocycles. The van der Waals surface area contributed by atoms with Crippen LogP contribution in [0.1, 0.15) is 39.2 Å². The standard InChI is InChI=1S/C15H23NO2/c1-12-7-9-13(10-8-12)18-11-5-6-14(17)16-15(2,3)4/h7-10H,5-6,11H2,1-4H3,(H,16,17). The van der Waals surface area contributed by atoms with Crippen molar-refractivity contribution in [3.8, 4) is 5.75 Å². The lowest BCUT2D eigenvalue weighted by Crippen LogP contribution is -2.40. The molecule has 0 unspecified atom stereocenters.